The van der Waals surface area contributed by atoms with E-state index in [1.165, 1.54) is 0 Å². The van der Waals surface area contributed by atoms with Crippen molar-refractivity contribution in [2.75, 3.05) is 6.61 Å². The molecule has 0 aromatic carbocycles. The van der Waals surface area contributed by atoms with E-state index < -0.39 is 0 Å². The van der Waals surface area contributed by atoms with Gasteiger partial charge in [-0.05, 0) is 27.2 Å². The summed E-state index contributed by atoms with van der Waals surface area (Å²) in [4.78, 5) is 11.6. The summed E-state index contributed by atoms with van der Waals surface area (Å²) in [5, 5.41) is 4.26. The number of hydrogen-bond acceptors (Lipinski definition) is 3. The number of ether oxygens (including phenoxy) is 1. The molecule has 0 aliphatic heterocycles. The van der Waals surface area contributed by atoms with Crippen LogP contribution >= 0.6 is 0 Å². The van der Waals surface area contributed by atoms with E-state index in [4.69, 9.17) is 4.74 Å². The van der Waals surface area contributed by atoms with Gasteiger partial charge < -0.3 is 4.74 Å². The summed E-state index contributed by atoms with van der Waals surface area (Å²) in [6, 6.07) is 0. The predicted molar refractivity (Wildman–Crippen MR) is 58.0 cm³/mol. The molecule has 0 amide bonds. The van der Waals surface area contributed by atoms with Crippen LogP contribution in [0, 0.1) is 6.92 Å². The van der Waals surface area contributed by atoms with Crippen molar-refractivity contribution in [1.29, 1.82) is 0 Å². The smallest absolute Gasteiger partial charge is 0.359 e. The Kier molecular flexibility index (Phi) is 3.88. The van der Waals surface area contributed by atoms with Crippen LogP contribution in [0.25, 0.3) is 0 Å². The highest BCUT2D eigenvalue weighted by molar-refractivity contribution is 5.89. The van der Waals surface area contributed by atoms with Crippen LogP contribution in [0.1, 0.15) is 42.5 Å². The van der Waals surface area contributed by atoms with Crippen LogP contribution in [0.15, 0.2) is 0 Å². The molecule has 0 unspecified atom stereocenters. The molecule has 4 heteroatoms. The van der Waals surface area contributed by atoms with Gasteiger partial charge in [-0.3, -0.25) is 4.68 Å². The maximum atomic E-state index is 11.6. The van der Waals surface area contributed by atoms with Crippen LogP contribution in [0.5, 0.6) is 0 Å². The Bertz CT molecular complexity index is 356. The standard InChI is InChI=1S/C11H18N2O2/c1-5-9-8(4)10(11(14)15-7-3)12-13(9)6-2/h5-7H2,1-4H3. The van der Waals surface area contributed by atoms with Gasteiger partial charge in [0.25, 0.3) is 0 Å². The van der Waals surface area contributed by atoms with E-state index in [0.29, 0.717) is 12.3 Å². The Balaban J connectivity index is 3.09. The molecular weight excluding hydrogens is 192 g/mol. The molecule has 1 rings (SSSR count). The maximum Gasteiger partial charge on any atom is 0.359 e. The molecule has 0 radical (unpaired) electrons. The zero-order chi connectivity index (χ0) is 11.4. The number of hydrogen-bond donors (Lipinski definition) is 0. The average Bonchev–Trinajstić information content (AvgIpc) is 2.55. The van der Waals surface area contributed by atoms with E-state index in [-0.39, 0.29) is 5.97 Å². The first kappa shape index (κ1) is 11.8. The number of rotatable bonds is 4. The van der Waals surface area contributed by atoms with E-state index in [9.17, 15) is 4.79 Å². The molecule has 0 aliphatic rings. The molecule has 0 aliphatic carbocycles. The van der Waals surface area contributed by atoms with Crippen molar-refractivity contribution in [1.82, 2.24) is 9.78 Å². The molecule has 1 heterocycles. The summed E-state index contributed by atoms with van der Waals surface area (Å²) in [6.07, 6.45) is 0.881. The quantitative estimate of drug-likeness (QED) is 0.713. The van der Waals surface area contributed by atoms with Gasteiger partial charge in [0.15, 0.2) is 5.69 Å². The lowest BCUT2D eigenvalue weighted by molar-refractivity contribution is 0.0517. The normalized spacial score (nSPS) is 10.4. The topological polar surface area (TPSA) is 44.1 Å². The van der Waals surface area contributed by atoms with Crippen LogP contribution in [-0.4, -0.2) is 22.4 Å². The van der Waals surface area contributed by atoms with Crippen molar-refractivity contribution in [3.05, 3.63) is 17.0 Å². The molecule has 0 saturated heterocycles. The number of aromatic nitrogens is 2. The Morgan fingerprint density at radius 2 is 2.07 bits per heavy atom. The fourth-order valence-electron chi connectivity index (χ4n) is 1.69. The summed E-state index contributed by atoms with van der Waals surface area (Å²) in [5.74, 6) is -0.322. The van der Waals surface area contributed by atoms with Gasteiger partial charge in [-0.1, -0.05) is 6.92 Å². The minimum Gasteiger partial charge on any atom is -0.461 e. The Morgan fingerprint density at radius 3 is 2.47 bits per heavy atom. The third kappa shape index (κ3) is 2.19. The number of aryl methyl sites for hydroxylation is 1. The van der Waals surface area contributed by atoms with Gasteiger partial charge in [-0.2, -0.15) is 5.10 Å². The fourth-order valence-corrected chi connectivity index (χ4v) is 1.69. The summed E-state index contributed by atoms with van der Waals surface area (Å²) < 4.78 is 6.81. The fraction of sp³-hybridized carbons (Fsp3) is 0.636. The molecule has 0 spiro atoms. The van der Waals surface area contributed by atoms with E-state index in [1.54, 1.807) is 6.92 Å². The van der Waals surface area contributed by atoms with Crippen molar-refractivity contribution < 1.29 is 9.53 Å². The lowest BCUT2D eigenvalue weighted by atomic mass is 10.1. The summed E-state index contributed by atoms with van der Waals surface area (Å²) >= 11 is 0. The Morgan fingerprint density at radius 1 is 1.40 bits per heavy atom. The van der Waals surface area contributed by atoms with Crippen LogP contribution < -0.4 is 0 Å². The highest BCUT2D eigenvalue weighted by Crippen LogP contribution is 2.15. The van der Waals surface area contributed by atoms with E-state index in [1.807, 2.05) is 18.5 Å². The minimum atomic E-state index is -0.322. The van der Waals surface area contributed by atoms with Gasteiger partial charge in [0.2, 0.25) is 0 Å². The van der Waals surface area contributed by atoms with Crippen LogP contribution in [0.3, 0.4) is 0 Å². The molecule has 4 nitrogen and oxygen atoms in total. The second kappa shape index (κ2) is 4.96. The predicted octanol–water partition coefficient (Wildman–Crippen LogP) is 1.95. The van der Waals surface area contributed by atoms with E-state index in [0.717, 1.165) is 24.2 Å². The molecule has 0 fully saturated rings. The van der Waals surface area contributed by atoms with Gasteiger partial charge in [-0.15, -0.1) is 0 Å². The monoisotopic (exact) mass is 210 g/mol. The SMILES string of the molecule is CCOC(=O)c1nn(CC)c(CC)c1C. The van der Waals surface area contributed by atoms with Crippen LogP contribution in [0.2, 0.25) is 0 Å². The summed E-state index contributed by atoms with van der Waals surface area (Å²) in [5.41, 5.74) is 2.51. The first-order chi connectivity index (χ1) is 7.15. The zero-order valence-electron chi connectivity index (χ0n) is 9.83. The largest absolute Gasteiger partial charge is 0.461 e. The van der Waals surface area contributed by atoms with Crippen molar-refractivity contribution >= 4 is 5.97 Å². The number of carbonyl (C=O) groups excluding carboxylic acids is 1. The van der Waals surface area contributed by atoms with E-state index >= 15 is 0 Å². The lowest BCUT2D eigenvalue weighted by Gasteiger charge is -2.00. The summed E-state index contributed by atoms with van der Waals surface area (Å²) in [6.45, 7) is 8.96. The number of nitrogens with zero attached hydrogens (tertiary/aromatic N) is 2. The summed E-state index contributed by atoms with van der Waals surface area (Å²) in [7, 11) is 0. The Hall–Kier alpha value is -1.32. The molecule has 0 atom stereocenters. The van der Waals surface area contributed by atoms with Gasteiger partial charge >= 0.3 is 5.97 Å². The molecular formula is C11H18N2O2. The molecule has 84 valence electrons. The van der Waals surface area contributed by atoms with Crippen molar-refractivity contribution in [3.63, 3.8) is 0 Å². The highest BCUT2D eigenvalue weighted by Gasteiger charge is 2.18. The molecule has 1 aromatic heterocycles. The van der Waals surface area contributed by atoms with Gasteiger partial charge in [0.1, 0.15) is 0 Å². The number of carbonyl (C=O) groups is 1. The highest BCUT2D eigenvalue weighted by atomic mass is 16.5. The maximum absolute atomic E-state index is 11.6. The van der Waals surface area contributed by atoms with Crippen molar-refractivity contribution in [3.8, 4) is 0 Å². The third-order valence-corrected chi connectivity index (χ3v) is 2.42. The van der Waals surface area contributed by atoms with Gasteiger partial charge in [0.05, 0.1) is 6.61 Å². The average molecular weight is 210 g/mol. The van der Waals surface area contributed by atoms with Crippen molar-refractivity contribution in [2.24, 2.45) is 0 Å². The third-order valence-electron chi connectivity index (χ3n) is 2.42. The molecule has 0 saturated carbocycles. The zero-order valence-corrected chi connectivity index (χ0v) is 9.83. The minimum absolute atomic E-state index is 0.322. The first-order valence-electron chi connectivity index (χ1n) is 5.39. The molecule has 15 heavy (non-hydrogen) atoms. The molecule has 0 N–H and O–H groups in total. The molecule has 1 aromatic rings. The van der Waals surface area contributed by atoms with Crippen LogP contribution in [-0.2, 0) is 17.7 Å². The van der Waals surface area contributed by atoms with Gasteiger partial charge in [-0.25, -0.2) is 4.79 Å². The number of esters is 1. The van der Waals surface area contributed by atoms with E-state index in [2.05, 4.69) is 12.0 Å². The first-order valence-corrected chi connectivity index (χ1v) is 5.39. The Labute approximate surface area is 90.2 Å². The van der Waals surface area contributed by atoms with Crippen LogP contribution in [0.4, 0.5) is 0 Å². The second-order valence-corrected chi connectivity index (χ2v) is 3.31. The van der Waals surface area contributed by atoms with Crippen molar-refractivity contribution in [2.45, 2.75) is 40.7 Å². The van der Waals surface area contributed by atoms with Gasteiger partial charge in [0, 0.05) is 17.8 Å². The second-order valence-electron chi connectivity index (χ2n) is 3.31. The molecule has 0 bridgehead atoms. The lowest BCUT2D eigenvalue weighted by Crippen LogP contribution is -2.07.